The van der Waals surface area contributed by atoms with E-state index in [1.807, 2.05) is 24.3 Å². The van der Waals surface area contributed by atoms with Crippen LogP contribution in [0.4, 0.5) is 0 Å². The van der Waals surface area contributed by atoms with Crippen LogP contribution in [0.2, 0.25) is 0 Å². The van der Waals surface area contributed by atoms with E-state index in [1.165, 1.54) is 0 Å². The molecule has 7 nitrogen and oxygen atoms in total. The molecule has 0 bridgehead atoms. The number of hydrogen-bond acceptors (Lipinski definition) is 5. The standard InChI is InChI=1S/C23H40N4O3.HI/c1-5-24-23(26-17-22(19(2)3)27-12-15-29-16-13-27)25-11-6-14-30-18-20-7-9-21(28-4)10-8-20;/h7-10,19,22H,5-6,11-18H2,1-4H3,(H2,24,25,26);1H. The average molecular weight is 549 g/mol. The highest BCUT2D eigenvalue weighted by atomic mass is 127. The molecule has 0 radical (unpaired) electrons. The van der Waals surface area contributed by atoms with Crippen LogP contribution in [0, 0.1) is 5.92 Å². The summed E-state index contributed by atoms with van der Waals surface area (Å²) in [7, 11) is 1.68. The zero-order valence-electron chi connectivity index (χ0n) is 19.6. The quantitative estimate of drug-likeness (QED) is 0.181. The summed E-state index contributed by atoms with van der Waals surface area (Å²) in [6, 6.07) is 8.43. The lowest BCUT2D eigenvalue weighted by Gasteiger charge is -2.36. The normalized spacial score (nSPS) is 16.0. The number of morpholine rings is 1. The van der Waals surface area contributed by atoms with E-state index in [0.29, 0.717) is 25.2 Å². The molecule has 178 valence electrons. The second kappa shape index (κ2) is 16.5. The molecule has 0 aromatic heterocycles. The molecule has 1 atom stereocenters. The summed E-state index contributed by atoms with van der Waals surface area (Å²) >= 11 is 0. The Kier molecular flexibility index (Phi) is 14.9. The van der Waals surface area contributed by atoms with Crippen LogP contribution in [0.15, 0.2) is 29.3 Å². The molecular weight excluding hydrogens is 507 g/mol. The van der Waals surface area contributed by atoms with Crippen LogP contribution < -0.4 is 15.4 Å². The molecule has 1 aromatic rings. The van der Waals surface area contributed by atoms with Crippen molar-refractivity contribution in [1.29, 1.82) is 0 Å². The molecule has 1 heterocycles. The van der Waals surface area contributed by atoms with Crippen molar-refractivity contribution in [3.8, 4) is 5.75 Å². The van der Waals surface area contributed by atoms with E-state index in [0.717, 1.165) is 69.6 Å². The first-order chi connectivity index (χ1) is 14.6. The molecule has 1 aromatic carbocycles. The summed E-state index contributed by atoms with van der Waals surface area (Å²) in [5.41, 5.74) is 1.15. The van der Waals surface area contributed by atoms with E-state index in [-0.39, 0.29) is 24.0 Å². The van der Waals surface area contributed by atoms with Crippen molar-refractivity contribution >= 4 is 29.9 Å². The van der Waals surface area contributed by atoms with Gasteiger partial charge in [-0.25, -0.2) is 0 Å². The van der Waals surface area contributed by atoms with E-state index in [4.69, 9.17) is 19.2 Å². The lowest BCUT2D eigenvalue weighted by Crippen LogP contribution is -2.48. The summed E-state index contributed by atoms with van der Waals surface area (Å²) in [4.78, 5) is 7.36. The maximum absolute atomic E-state index is 5.78. The molecule has 1 saturated heterocycles. The van der Waals surface area contributed by atoms with Crippen LogP contribution in [0.25, 0.3) is 0 Å². The van der Waals surface area contributed by atoms with E-state index >= 15 is 0 Å². The van der Waals surface area contributed by atoms with Gasteiger partial charge in [0.25, 0.3) is 0 Å². The third-order valence-corrected chi connectivity index (χ3v) is 5.25. The minimum atomic E-state index is 0. The maximum Gasteiger partial charge on any atom is 0.191 e. The van der Waals surface area contributed by atoms with Gasteiger partial charge >= 0.3 is 0 Å². The van der Waals surface area contributed by atoms with Gasteiger partial charge in [-0.2, -0.15) is 0 Å². The van der Waals surface area contributed by atoms with Gasteiger partial charge in [-0.15, -0.1) is 24.0 Å². The summed E-state index contributed by atoms with van der Waals surface area (Å²) in [6.07, 6.45) is 0.928. The van der Waals surface area contributed by atoms with Crippen molar-refractivity contribution in [1.82, 2.24) is 15.5 Å². The van der Waals surface area contributed by atoms with Gasteiger partial charge in [0.2, 0.25) is 0 Å². The number of rotatable bonds is 12. The zero-order chi connectivity index (χ0) is 21.6. The maximum atomic E-state index is 5.78. The van der Waals surface area contributed by atoms with Crippen molar-refractivity contribution in [3.63, 3.8) is 0 Å². The number of aliphatic imine (C=N–C) groups is 1. The molecule has 0 amide bonds. The third-order valence-electron chi connectivity index (χ3n) is 5.25. The van der Waals surface area contributed by atoms with E-state index < -0.39 is 0 Å². The van der Waals surface area contributed by atoms with Crippen molar-refractivity contribution in [3.05, 3.63) is 29.8 Å². The topological polar surface area (TPSA) is 67.4 Å². The summed E-state index contributed by atoms with van der Waals surface area (Å²) in [5, 5.41) is 6.78. The highest BCUT2D eigenvalue weighted by molar-refractivity contribution is 14.0. The van der Waals surface area contributed by atoms with Crippen molar-refractivity contribution < 1.29 is 14.2 Å². The van der Waals surface area contributed by atoms with Crippen molar-refractivity contribution in [2.24, 2.45) is 10.9 Å². The smallest absolute Gasteiger partial charge is 0.191 e. The predicted octanol–water partition coefficient (Wildman–Crippen LogP) is 3.13. The highest BCUT2D eigenvalue weighted by Gasteiger charge is 2.23. The van der Waals surface area contributed by atoms with Crippen molar-refractivity contribution in [2.45, 2.75) is 39.8 Å². The fourth-order valence-corrected chi connectivity index (χ4v) is 3.48. The second-order valence-electron chi connectivity index (χ2n) is 7.86. The second-order valence-corrected chi connectivity index (χ2v) is 7.86. The number of guanidine groups is 1. The molecule has 2 N–H and O–H groups in total. The van der Waals surface area contributed by atoms with Gasteiger partial charge in [0, 0.05) is 38.8 Å². The first-order valence-electron chi connectivity index (χ1n) is 11.2. The van der Waals surface area contributed by atoms with Crippen LogP contribution in [0.3, 0.4) is 0 Å². The van der Waals surface area contributed by atoms with Crippen molar-refractivity contribution in [2.75, 3.05) is 59.7 Å². The lowest BCUT2D eigenvalue weighted by molar-refractivity contribution is 0.00867. The molecule has 31 heavy (non-hydrogen) atoms. The summed E-state index contributed by atoms with van der Waals surface area (Å²) in [6.45, 7) is 14.1. The van der Waals surface area contributed by atoms with Gasteiger partial charge in [0.1, 0.15) is 5.75 Å². The fraction of sp³-hybridized carbons (Fsp3) is 0.696. The minimum Gasteiger partial charge on any atom is -0.497 e. The Labute approximate surface area is 205 Å². The number of nitrogens with zero attached hydrogens (tertiary/aromatic N) is 2. The van der Waals surface area contributed by atoms with Crippen LogP contribution >= 0.6 is 24.0 Å². The van der Waals surface area contributed by atoms with Gasteiger partial charge in [-0.1, -0.05) is 26.0 Å². The number of ether oxygens (including phenoxy) is 3. The molecule has 2 rings (SSSR count). The van der Waals surface area contributed by atoms with Crippen LogP contribution in [0.5, 0.6) is 5.75 Å². The number of hydrogen-bond donors (Lipinski definition) is 2. The molecule has 1 aliphatic rings. The Bertz CT molecular complexity index is 607. The van der Waals surface area contributed by atoms with Crippen LogP contribution in [-0.2, 0) is 16.1 Å². The molecule has 1 fully saturated rings. The highest BCUT2D eigenvalue weighted by Crippen LogP contribution is 2.14. The van der Waals surface area contributed by atoms with Gasteiger partial charge in [-0.3, -0.25) is 9.89 Å². The molecule has 8 heteroatoms. The molecule has 0 saturated carbocycles. The average Bonchev–Trinajstić information content (AvgIpc) is 2.77. The zero-order valence-corrected chi connectivity index (χ0v) is 21.9. The SMILES string of the molecule is CCNC(=NCC(C(C)C)N1CCOCC1)NCCCOCc1ccc(OC)cc1.I. The molecule has 1 unspecified atom stereocenters. The molecule has 1 aliphatic heterocycles. The Morgan fingerprint density at radius 3 is 2.48 bits per heavy atom. The number of nitrogens with one attached hydrogen (secondary N) is 2. The Morgan fingerprint density at radius 1 is 1.16 bits per heavy atom. The molecule has 0 aliphatic carbocycles. The largest absolute Gasteiger partial charge is 0.497 e. The van der Waals surface area contributed by atoms with Crippen LogP contribution in [-0.4, -0.2) is 76.6 Å². The molecule has 0 spiro atoms. The first kappa shape index (κ1) is 27.9. The molecular formula is C23H41IN4O3. The van der Waals surface area contributed by atoms with Gasteiger partial charge in [-0.05, 0) is 37.0 Å². The van der Waals surface area contributed by atoms with E-state index in [9.17, 15) is 0 Å². The number of halogens is 1. The monoisotopic (exact) mass is 548 g/mol. The van der Waals surface area contributed by atoms with E-state index in [2.05, 4.69) is 36.3 Å². The summed E-state index contributed by atoms with van der Waals surface area (Å²) < 4.78 is 16.5. The Hall–Kier alpha value is -1.10. The van der Waals surface area contributed by atoms with Gasteiger partial charge < -0.3 is 24.8 Å². The third kappa shape index (κ3) is 10.9. The lowest BCUT2D eigenvalue weighted by atomic mass is 10.0. The van der Waals surface area contributed by atoms with Gasteiger partial charge in [0.05, 0.1) is 33.5 Å². The van der Waals surface area contributed by atoms with E-state index in [1.54, 1.807) is 7.11 Å². The number of methoxy groups -OCH3 is 1. The first-order valence-corrected chi connectivity index (χ1v) is 11.2. The van der Waals surface area contributed by atoms with Gasteiger partial charge in [0.15, 0.2) is 5.96 Å². The predicted molar refractivity (Wildman–Crippen MR) is 138 cm³/mol. The summed E-state index contributed by atoms with van der Waals surface area (Å²) in [5.74, 6) is 2.30. The minimum absolute atomic E-state index is 0. The van der Waals surface area contributed by atoms with Crippen LogP contribution in [0.1, 0.15) is 32.8 Å². The Balaban J connectivity index is 0.00000480. The Morgan fingerprint density at radius 2 is 1.87 bits per heavy atom. The fourth-order valence-electron chi connectivity index (χ4n) is 3.48. The number of benzene rings is 1.